The van der Waals surface area contributed by atoms with Gasteiger partial charge in [-0.05, 0) is 30.7 Å². The smallest absolute Gasteiger partial charge is 0.747 e. The van der Waals surface area contributed by atoms with Crippen molar-refractivity contribution >= 4 is 15.8 Å². The van der Waals surface area contributed by atoms with E-state index in [9.17, 15) is 13.0 Å². The first-order valence-corrected chi connectivity index (χ1v) is 7.37. The van der Waals surface area contributed by atoms with Crippen LogP contribution in [-0.4, -0.2) is 32.5 Å². The summed E-state index contributed by atoms with van der Waals surface area (Å²) >= 11 is 0. The van der Waals surface area contributed by atoms with Crippen molar-refractivity contribution in [1.29, 1.82) is 0 Å². The van der Waals surface area contributed by atoms with Crippen molar-refractivity contribution in [2.45, 2.75) is 19.8 Å². The monoisotopic (exact) mass is 295 g/mol. The molecule has 0 radical (unpaired) electrons. The third kappa shape index (κ3) is 7.79. The molecule has 5 nitrogen and oxygen atoms in total. The van der Waals surface area contributed by atoms with Crippen molar-refractivity contribution in [3.63, 3.8) is 0 Å². The number of hydrogen-bond donors (Lipinski definition) is 0. The minimum absolute atomic E-state index is 0. The van der Waals surface area contributed by atoms with Crippen LogP contribution in [0.1, 0.15) is 19.8 Å². The van der Waals surface area contributed by atoms with E-state index >= 15 is 0 Å². The van der Waals surface area contributed by atoms with Crippen molar-refractivity contribution in [3.8, 4) is 5.75 Å². The molecule has 1 rings (SSSR count). The van der Waals surface area contributed by atoms with Crippen LogP contribution in [0.5, 0.6) is 5.75 Å². The van der Waals surface area contributed by atoms with Crippen LogP contribution in [0.3, 0.4) is 0 Å². The van der Waals surface area contributed by atoms with Crippen molar-refractivity contribution in [3.05, 3.63) is 24.3 Å². The maximum Gasteiger partial charge on any atom is 1.00 e. The van der Waals surface area contributed by atoms with Gasteiger partial charge in [-0.25, -0.2) is 8.42 Å². The van der Waals surface area contributed by atoms with Gasteiger partial charge in [0.05, 0.1) is 6.61 Å². The Morgan fingerprint density at radius 2 is 1.84 bits per heavy atom. The molecule has 0 saturated heterocycles. The Labute approximate surface area is 137 Å². The van der Waals surface area contributed by atoms with Crippen molar-refractivity contribution in [2.75, 3.05) is 24.4 Å². The molecule has 1 aromatic rings. The van der Waals surface area contributed by atoms with E-state index < -0.39 is 16.0 Å². The molecule has 0 spiro atoms. The van der Waals surface area contributed by atoms with Gasteiger partial charge in [0.15, 0.2) is 0 Å². The Morgan fingerprint density at radius 1 is 1.26 bits per heavy atom. The van der Waals surface area contributed by atoms with Crippen LogP contribution in [-0.2, 0) is 10.1 Å². The number of unbranched alkanes of at least 4 members (excludes halogenated alkanes) is 1. The van der Waals surface area contributed by atoms with Crippen molar-refractivity contribution in [2.24, 2.45) is 0 Å². The largest absolute Gasteiger partial charge is 1.00 e. The summed E-state index contributed by atoms with van der Waals surface area (Å²) in [6, 6.07) is 6.98. The van der Waals surface area contributed by atoms with Gasteiger partial charge in [-0.2, -0.15) is 0 Å². The second kappa shape index (κ2) is 8.81. The van der Waals surface area contributed by atoms with Crippen LogP contribution in [0, 0.1) is 0 Å². The van der Waals surface area contributed by atoms with Gasteiger partial charge in [-0.3, -0.25) is 0 Å². The third-order valence-corrected chi connectivity index (χ3v) is 3.10. The first-order valence-electron chi connectivity index (χ1n) is 5.80. The van der Waals surface area contributed by atoms with Gasteiger partial charge in [0.2, 0.25) is 0 Å². The molecule has 0 bridgehead atoms. The number of anilines is 1. The summed E-state index contributed by atoms with van der Waals surface area (Å²) in [7, 11) is -2.70. The van der Waals surface area contributed by atoms with Gasteiger partial charge >= 0.3 is 29.6 Å². The second-order valence-corrected chi connectivity index (χ2v) is 5.45. The molecule has 0 amide bonds. The van der Waals surface area contributed by atoms with Gasteiger partial charge in [0, 0.05) is 12.7 Å². The molecule has 0 N–H and O–H groups in total. The fourth-order valence-corrected chi connectivity index (χ4v) is 2.07. The molecule has 0 aliphatic heterocycles. The van der Waals surface area contributed by atoms with E-state index in [0.717, 1.165) is 18.6 Å². The SMILES string of the molecule is CCCCOc1ccc(N(C)CS(=O)(=O)[O-])cc1.[Na+]. The second-order valence-electron chi connectivity index (χ2n) is 4.08. The van der Waals surface area contributed by atoms with Gasteiger partial charge < -0.3 is 14.2 Å². The molecular weight excluding hydrogens is 277 g/mol. The van der Waals surface area contributed by atoms with E-state index in [0.29, 0.717) is 12.3 Å². The van der Waals surface area contributed by atoms with Crippen molar-refractivity contribution in [1.82, 2.24) is 0 Å². The number of ether oxygens (including phenoxy) is 1. The van der Waals surface area contributed by atoms with E-state index in [1.54, 1.807) is 31.3 Å². The molecular formula is C12H18NNaO4S. The zero-order valence-corrected chi connectivity index (χ0v) is 14.4. The van der Waals surface area contributed by atoms with E-state index in [2.05, 4.69) is 6.92 Å². The molecule has 0 aliphatic carbocycles. The summed E-state index contributed by atoms with van der Waals surface area (Å²) in [6.07, 6.45) is 2.07. The zero-order chi connectivity index (χ0) is 13.6. The first kappa shape index (κ1) is 18.7. The summed E-state index contributed by atoms with van der Waals surface area (Å²) < 4.78 is 37.4. The van der Waals surface area contributed by atoms with E-state index in [1.807, 2.05) is 0 Å². The number of benzene rings is 1. The standard InChI is InChI=1S/C12H19NO4S.Na/c1-3-4-9-17-12-7-5-11(6-8-12)13(2)10-18(14,15)16;/h5-8H,3-4,9-10H2,1-2H3,(H,14,15,16);/q;+1/p-1. The minimum Gasteiger partial charge on any atom is -0.747 e. The quantitative estimate of drug-likeness (QED) is 0.359. The molecule has 7 heteroatoms. The Balaban J connectivity index is 0.00000324. The molecule has 0 unspecified atom stereocenters. The molecule has 0 fully saturated rings. The first-order chi connectivity index (χ1) is 8.42. The summed E-state index contributed by atoms with van der Waals surface area (Å²) in [5.74, 6) is 0.203. The maximum absolute atomic E-state index is 10.6. The van der Waals surface area contributed by atoms with E-state index in [1.165, 1.54) is 4.90 Å². The molecule has 0 saturated carbocycles. The average molecular weight is 295 g/mol. The van der Waals surface area contributed by atoms with Crippen LogP contribution in [0.25, 0.3) is 0 Å². The van der Waals surface area contributed by atoms with Gasteiger partial charge in [0.1, 0.15) is 21.7 Å². The number of hydrogen-bond acceptors (Lipinski definition) is 5. The molecule has 0 aromatic heterocycles. The molecule has 1 aromatic carbocycles. The van der Waals surface area contributed by atoms with Crippen LogP contribution < -0.4 is 39.2 Å². The van der Waals surface area contributed by atoms with Crippen LogP contribution in [0.15, 0.2) is 24.3 Å². The predicted molar refractivity (Wildman–Crippen MR) is 69.8 cm³/mol. The predicted octanol–water partition coefficient (Wildman–Crippen LogP) is -1.19. The Morgan fingerprint density at radius 3 is 2.32 bits per heavy atom. The molecule has 19 heavy (non-hydrogen) atoms. The molecule has 0 aliphatic rings. The summed E-state index contributed by atoms with van der Waals surface area (Å²) in [4.78, 5) is 1.39. The van der Waals surface area contributed by atoms with Gasteiger partial charge in [-0.1, -0.05) is 13.3 Å². The summed E-state index contributed by atoms with van der Waals surface area (Å²) in [5.41, 5.74) is 0.664. The topological polar surface area (TPSA) is 69.7 Å². The van der Waals surface area contributed by atoms with Crippen LogP contribution in [0.2, 0.25) is 0 Å². The summed E-state index contributed by atoms with van der Waals surface area (Å²) in [5, 5.41) is 0. The Hall–Kier alpha value is -0.270. The molecule has 0 atom stereocenters. The maximum atomic E-state index is 10.6. The zero-order valence-electron chi connectivity index (χ0n) is 11.6. The fourth-order valence-electron chi connectivity index (χ4n) is 1.44. The Kier molecular flexibility index (Phi) is 8.69. The average Bonchev–Trinajstić information content (AvgIpc) is 2.28. The Bertz CT molecular complexity index is 461. The normalized spacial score (nSPS) is 10.7. The van der Waals surface area contributed by atoms with Gasteiger partial charge in [-0.15, -0.1) is 0 Å². The number of nitrogens with zero attached hydrogens (tertiary/aromatic N) is 1. The van der Waals surface area contributed by atoms with Crippen LogP contribution >= 0.6 is 0 Å². The fraction of sp³-hybridized carbons (Fsp3) is 0.500. The van der Waals surface area contributed by atoms with Crippen LogP contribution in [0.4, 0.5) is 5.69 Å². The number of rotatable bonds is 7. The summed E-state index contributed by atoms with van der Waals surface area (Å²) in [6.45, 7) is 2.76. The van der Waals surface area contributed by atoms with Crippen molar-refractivity contribution < 1.29 is 47.3 Å². The molecule has 0 heterocycles. The minimum atomic E-state index is -4.25. The van der Waals surface area contributed by atoms with E-state index in [4.69, 9.17) is 4.74 Å². The van der Waals surface area contributed by atoms with E-state index in [-0.39, 0.29) is 29.6 Å². The third-order valence-electron chi connectivity index (χ3n) is 2.40. The molecule has 102 valence electrons. The van der Waals surface area contributed by atoms with Gasteiger partial charge in [0.25, 0.3) is 0 Å².